The van der Waals surface area contributed by atoms with Gasteiger partial charge in [0.25, 0.3) is 5.91 Å². The average Bonchev–Trinajstić information content (AvgIpc) is 3.35. The average molecular weight is 545 g/mol. The first kappa shape index (κ1) is 23.5. The van der Waals surface area contributed by atoms with E-state index in [-0.39, 0.29) is 24.1 Å². The van der Waals surface area contributed by atoms with Gasteiger partial charge in [0.05, 0.1) is 17.9 Å². The molecule has 3 aromatic rings. The minimum Gasteiger partial charge on any atom is -0.345 e. The molecule has 11 heteroatoms. The van der Waals surface area contributed by atoms with Gasteiger partial charge in [0.15, 0.2) is 11.0 Å². The smallest absolute Gasteiger partial charge is 0.251 e. The molecule has 2 amide bonds. The number of thiophene rings is 1. The van der Waals surface area contributed by atoms with Gasteiger partial charge in [-0.1, -0.05) is 27.7 Å². The Kier molecular flexibility index (Phi) is 7.47. The first-order valence-corrected chi connectivity index (χ1v) is 12.9. The molecule has 1 aliphatic carbocycles. The molecule has 0 fully saturated rings. The molecule has 2 N–H and O–H groups in total. The van der Waals surface area contributed by atoms with Crippen LogP contribution in [-0.2, 0) is 31.2 Å². The lowest BCUT2D eigenvalue weighted by atomic mass is 9.96. The molecule has 0 radical (unpaired) electrons. The third-order valence-electron chi connectivity index (χ3n) is 5.31. The number of nitriles is 1. The number of rotatable bonds is 7. The molecular weight excluding hydrogens is 524 g/mol. The van der Waals surface area contributed by atoms with E-state index in [9.17, 15) is 14.9 Å². The second kappa shape index (κ2) is 10.5. The van der Waals surface area contributed by atoms with Crippen molar-refractivity contribution in [2.45, 2.75) is 37.4 Å². The summed E-state index contributed by atoms with van der Waals surface area (Å²) in [7, 11) is 1.79. The van der Waals surface area contributed by atoms with E-state index in [1.54, 1.807) is 23.7 Å². The van der Waals surface area contributed by atoms with Crippen LogP contribution in [0.3, 0.4) is 0 Å². The van der Waals surface area contributed by atoms with Gasteiger partial charge in [0.2, 0.25) is 5.91 Å². The Morgan fingerprint density at radius 1 is 1.24 bits per heavy atom. The molecule has 0 saturated heterocycles. The molecule has 0 atom stereocenters. The monoisotopic (exact) mass is 544 g/mol. The van der Waals surface area contributed by atoms with Crippen LogP contribution in [-0.4, -0.2) is 32.3 Å². The highest BCUT2D eigenvalue weighted by atomic mass is 79.9. The van der Waals surface area contributed by atoms with Crippen molar-refractivity contribution in [1.29, 1.82) is 5.26 Å². The van der Waals surface area contributed by atoms with Crippen LogP contribution in [0.1, 0.15) is 45.0 Å². The van der Waals surface area contributed by atoms with E-state index in [1.807, 2.05) is 12.1 Å². The van der Waals surface area contributed by atoms with Crippen LogP contribution in [0.25, 0.3) is 0 Å². The summed E-state index contributed by atoms with van der Waals surface area (Å²) >= 11 is 6.12. The lowest BCUT2D eigenvalue weighted by Crippen LogP contribution is -2.24. The number of hydrogen-bond donors (Lipinski definition) is 2. The van der Waals surface area contributed by atoms with Gasteiger partial charge in [0.1, 0.15) is 11.1 Å². The van der Waals surface area contributed by atoms with Crippen molar-refractivity contribution < 1.29 is 9.59 Å². The van der Waals surface area contributed by atoms with Gasteiger partial charge < -0.3 is 15.2 Å². The SMILES string of the molecule is Cn1c(CNC(=O)c2ccc(Br)cc2)nnc1SCC(=O)Nc1sc2c(c1C#N)CCCC2. The number of carbonyl (C=O) groups excluding carboxylic acids is 2. The fourth-order valence-corrected chi connectivity index (χ4v) is 5.80. The van der Waals surface area contributed by atoms with Crippen LogP contribution in [0.15, 0.2) is 33.9 Å². The van der Waals surface area contributed by atoms with Gasteiger partial charge in [-0.25, -0.2) is 0 Å². The summed E-state index contributed by atoms with van der Waals surface area (Å²) in [6, 6.07) is 9.34. The molecule has 0 bridgehead atoms. The maximum absolute atomic E-state index is 12.5. The van der Waals surface area contributed by atoms with E-state index in [0.717, 1.165) is 35.7 Å². The van der Waals surface area contributed by atoms with Crippen molar-refractivity contribution in [1.82, 2.24) is 20.1 Å². The highest BCUT2D eigenvalue weighted by Gasteiger charge is 2.22. The third-order valence-corrected chi connectivity index (χ3v) is 8.06. The number of carbonyl (C=O) groups is 2. The van der Waals surface area contributed by atoms with Crippen LogP contribution < -0.4 is 10.6 Å². The van der Waals surface area contributed by atoms with E-state index < -0.39 is 0 Å². The number of nitrogens with one attached hydrogen (secondary N) is 2. The Labute approximate surface area is 207 Å². The van der Waals surface area contributed by atoms with Gasteiger partial charge >= 0.3 is 0 Å². The number of amides is 2. The number of aryl methyl sites for hydroxylation is 1. The minimum atomic E-state index is -0.203. The third kappa shape index (κ3) is 5.46. The number of halogens is 1. The number of aromatic nitrogens is 3. The van der Waals surface area contributed by atoms with E-state index in [1.165, 1.54) is 28.0 Å². The molecule has 0 spiro atoms. The number of nitrogens with zero attached hydrogens (tertiary/aromatic N) is 4. The topological polar surface area (TPSA) is 113 Å². The zero-order chi connectivity index (χ0) is 23.4. The molecule has 0 aliphatic heterocycles. The number of thioether (sulfide) groups is 1. The second-order valence-electron chi connectivity index (χ2n) is 7.51. The molecule has 0 unspecified atom stereocenters. The summed E-state index contributed by atoms with van der Waals surface area (Å²) in [6.45, 7) is 0.220. The molecule has 2 aromatic heterocycles. The highest BCUT2D eigenvalue weighted by molar-refractivity contribution is 9.10. The lowest BCUT2D eigenvalue weighted by Gasteiger charge is -2.09. The largest absolute Gasteiger partial charge is 0.345 e. The summed E-state index contributed by atoms with van der Waals surface area (Å²) in [4.78, 5) is 26.0. The van der Waals surface area contributed by atoms with Gasteiger partial charge in [-0.2, -0.15) is 5.26 Å². The second-order valence-corrected chi connectivity index (χ2v) is 10.5. The van der Waals surface area contributed by atoms with Gasteiger partial charge in [-0.05, 0) is 55.5 Å². The summed E-state index contributed by atoms with van der Waals surface area (Å²) in [5.74, 6) is 0.334. The Morgan fingerprint density at radius 2 is 2.00 bits per heavy atom. The van der Waals surface area contributed by atoms with Crippen molar-refractivity contribution in [2.75, 3.05) is 11.1 Å². The quantitative estimate of drug-likeness (QED) is 0.434. The summed E-state index contributed by atoms with van der Waals surface area (Å²) in [5, 5.41) is 24.7. The summed E-state index contributed by atoms with van der Waals surface area (Å²) < 4.78 is 2.66. The highest BCUT2D eigenvalue weighted by Crippen LogP contribution is 2.37. The lowest BCUT2D eigenvalue weighted by molar-refractivity contribution is -0.113. The zero-order valence-electron chi connectivity index (χ0n) is 17.9. The van der Waals surface area contributed by atoms with Crippen LogP contribution in [0.5, 0.6) is 0 Å². The fourth-order valence-electron chi connectivity index (χ4n) is 3.55. The van der Waals surface area contributed by atoms with Crippen molar-refractivity contribution in [3.8, 4) is 6.07 Å². The molecule has 170 valence electrons. The van der Waals surface area contributed by atoms with Crippen LogP contribution >= 0.6 is 39.0 Å². The molecule has 4 rings (SSSR count). The Balaban J connectivity index is 1.32. The van der Waals surface area contributed by atoms with Crippen LogP contribution in [0.4, 0.5) is 5.00 Å². The maximum atomic E-state index is 12.5. The summed E-state index contributed by atoms with van der Waals surface area (Å²) in [6.07, 6.45) is 4.08. The van der Waals surface area contributed by atoms with Crippen molar-refractivity contribution in [3.63, 3.8) is 0 Å². The van der Waals surface area contributed by atoms with Crippen molar-refractivity contribution in [3.05, 3.63) is 56.1 Å². The van der Waals surface area contributed by atoms with E-state index in [0.29, 0.717) is 27.1 Å². The van der Waals surface area contributed by atoms with E-state index >= 15 is 0 Å². The van der Waals surface area contributed by atoms with Gasteiger partial charge in [-0.3, -0.25) is 9.59 Å². The van der Waals surface area contributed by atoms with Crippen molar-refractivity contribution >= 4 is 55.8 Å². The molecule has 0 saturated carbocycles. The predicted molar refractivity (Wildman–Crippen MR) is 131 cm³/mol. The Morgan fingerprint density at radius 3 is 2.76 bits per heavy atom. The first-order chi connectivity index (χ1) is 16.0. The van der Waals surface area contributed by atoms with Gasteiger partial charge in [0, 0.05) is 22.0 Å². The van der Waals surface area contributed by atoms with Crippen LogP contribution in [0.2, 0.25) is 0 Å². The molecule has 1 aromatic carbocycles. The molecule has 8 nitrogen and oxygen atoms in total. The van der Waals surface area contributed by atoms with Crippen molar-refractivity contribution in [2.24, 2.45) is 7.05 Å². The minimum absolute atomic E-state index is 0.144. The standard InChI is InChI=1S/C22H21BrN6O2S2/c1-29-18(11-25-20(31)13-6-8-14(23)9-7-13)27-28-22(29)32-12-19(30)26-21-16(10-24)15-4-2-3-5-17(15)33-21/h6-9H,2-5,11-12H2,1H3,(H,25,31)(H,26,30). The number of fused-ring (bicyclic) bond motifs is 1. The number of benzene rings is 1. The zero-order valence-corrected chi connectivity index (χ0v) is 21.1. The van der Waals surface area contributed by atoms with E-state index in [2.05, 4.69) is 42.8 Å². The normalized spacial score (nSPS) is 12.6. The Hall–Kier alpha value is -2.68. The van der Waals surface area contributed by atoms with E-state index in [4.69, 9.17) is 0 Å². The molecular formula is C22H21BrN6O2S2. The maximum Gasteiger partial charge on any atom is 0.251 e. The van der Waals surface area contributed by atoms with Crippen LogP contribution in [0, 0.1) is 11.3 Å². The molecule has 2 heterocycles. The molecule has 33 heavy (non-hydrogen) atoms. The number of anilines is 1. The first-order valence-electron chi connectivity index (χ1n) is 10.4. The molecule has 1 aliphatic rings. The van der Waals surface area contributed by atoms with Gasteiger partial charge in [-0.15, -0.1) is 21.5 Å². The fraction of sp³-hybridized carbons (Fsp3) is 0.318. The predicted octanol–water partition coefficient (Wildman–Crippen LogP) is 4.05. The summed E-state index contributed by atoms with van der Waals surface area (Å²) in [5.41, 5.74) is 2.26. The Bertz CT molecular complexity index is 1230. The number of hydrogen-bond acceptors (Lipinski definition) is 7.